The Labute approximate surface area is 144 Å². The molecule has 0 atom stereocenters. The number of hydrogen-bond donors (Lipinski definition) is 2. The quantitative estimate of drug-likeness (QED) is 0.784. The molecule has 1 fully saturated rings. The lowest BCUT2D eigenvalue weighted by atomic mass is 10.2. The first kappa shape index (κ1) is 17.1. The maximum absolute atomic E-state index is 13.5. The van der Waals surface area contributed by atoms with Gasteiger partial charge < -0.3 is 15.5 Å². The van der Waals surface area contributed by atoms with Crippen molar-refractivity contribution < 1.29 is 13.6 Å². The largest absolute Gasteiger partial charge is 0.368 e. The molecule has 2 N–H and O–H groups in total. The first-order chi connectivity index (χ1) is 12.1. The molecule has 8 heteroatoms. The predicted molar refractivity (Wildman–Crippen MR) is 90.7 cm³/mol. The van der Waals surface area contributed by atoms with Crippen molar-refractivity contribution in [1.82, 2.24) is 15.3 Å². The van der Waals surface area contributed by atoms with Gasteiger partial charge >= 0.3 is 0 Å². The monoisotopic (exact) mass is 347 g/mol. The van der Waals surface area contributed by atoms with E-state index in [0.717, 1.165) is 31.0 Å². The standard InChI is InChI=1S/C17H19F2N5O/c18-12-3-4-13(14(19)9-12)17(25)21-6-5-20-15-10-16(23-11-22-15)24-7-1-2-8-24/h3-4,9-11H,1-2,5-8H2,(H,21,25)(H,20,22,23). The van der Waals surface area contributed by atoms with Crippen LogP contribution < -0.4 is 15.5 Å². The molecule has 25 heavy (non-hydrogen) atoms. The Morgan fingerprint density at radius 3 is 2.68 bits per heavy atom. The van der Waals surface area contributed by atoms with Gasteiger partial charge in [0.15, 0.2) is 0 Å². The lowest BCUT2D eigenvalue weighted by Crippen LogP contribution is -2.29. The van der Waals surface area contributed by atoms with Gasteiger partial charge in [-0.25, -0.2) is 18.7 Å². The fourth-order valence-electron chi connectivity index (χ4n) is 2.70. The van der Waals surface area contributed by atoms with E-state index in [4.69, 9.17) is 0 Å². The Morgan fingerprint density at radius 1 is 1.12 bits per heavy atom. The maximum Gasteiger partial charge on any atom is 0.254 e. The smallest absolute Gasteiger partial charge is 0.254 e. The Bertz CT molecular complexity index is 750. The SMILES string of the molecule is O=C(NCCNc1cc(N2CCCC2)ncn1)c1ccc(F)cc1F. The lowest BCUT2D eigenvalue weighted by molar-refractivity contribution is 0.0951. The van der Waals surface area contributed by atoms with E-state index in [1.54, 1.807) is 0 Å². The van der Waals surface area contributed by atoms with E-state index < -0.39 is 17.5 Å². The number of amides is 1. The van der Waals surface area contributed by atoms with Crippen LogP contribution in [0.4, 0.5) is 20.4 Å². The summed E-state index contributed by atoms with van der Waals surface area (Å²) in [5.74, 6) is -0.629. The predicted octanol–water partition coefficient (Wildman–Crippen LogP) is 2.20. The van der Waals surface area contributed by atoms with E-state index in [2.05, 4.69) is 25.5 Å². The van der Waals surface area contributed by atoms with Crippen LogP contribution in [0.15, 0.2) is 30.6 Å². The molecular weight excluding hydrogens is 328 g/mol. The van der Waals surface area contributed by atoms with Crippen LogP contribution in [0.2, 0.25) is 0 Å². The van der Waals surface area contributed by atoms with Crippen molar-refractivity contribution in [3.63, 3.8) is 0 Å². The normalized spacial score (nSPS) is 13.8. The highest BCUT2D eigenvalue weighted by Gasteiger charge is 2.14. The zero-order valence-corrected chi connectivity index (χ0v) is 13.6. The van der Waals surface area contributed by atoms with Crippen LogP contribution in [0.1, 0.15) is 23.2 Å². The third kappa shape index (κ3) is 4.40. The summed E-state index contributed by atoms with van der Waals surface area (Å²) in [5, 5.41) is 5.67. The van der Waals surface area contributed by atoms with E-state index in [-0.39, 0.29) is 12.1 Å². The van der Waals surface area contributed by atoms with Crippen molar-refractivity contribution in [3.05, 3.63) is 47.8 Å². The van der Waals surface area contributed by atoms with Crippen LogP contribution in [0, 0.1) is 11.6 Å². The summed E-state index contributed by atoms with van der Waals surface area (Å²) >= 11 is 0. The van der Waals surface area contributed by atoms with Gasteiger partial charge in [0.2, 0.25) is 0 Å². The minimum Gasteiger partial charge on any atom is -0.368 e. The number of carbonyl (C=O) groups is 1. The number of nitrogens with zero attached hydrogens (tertiary/aromatic N) is 3. The molecule has 2 aromatic rings. The van der Waals surface area contributed by atoms with E-state index in [1.807, 2.05) is 6.07 Å². The van der Waals surface area contributed by atoms with Crippen LogP contribution in [0.5, 0.6) is 0 Å². The number of benzene rings is 1. The average molecular weight is 347 g/mol. The summed E-state index contributed by atoms with van der Waals surface area (Å²) in [6.45, 7) is 2.69. The van der Waals surface area contributed by atoms with Gasteiger partial charge in [0, 0.05) is 38.3 Å². The Kier molecular flexibility index (Phi) is 5.37. The van der Waals surface area contributed by atoms with E-state index >= 15 is 0 Å². The van der Waals surface area contributed by atoms with E-state index in [9.17, 15) is 13.6 Å². The number of rotatable bonds is 6. The number of nitrogens with one attached hydrogen (secondary N) is 2. The van der Waals surface area contributed by atoms with Gasteiger partial charge in [-0.1, -0.05) is 0 Å². The summed E-state index contributed by atoms with van der Waals surface area (Å²) in [6.07, 6.45) is 3.83. The fourth-order valence-corrected chi connectivity index (χ4v) is 2.70. The third-order valence-electron chi connectivity index (χ3n) is 3.98. The molecule has 0 bridgehead atoms. The molecular formula is C17H19F2N5O. The van der Waals surface area contributed by atoms with Gasteiger partial charge in [0.1, 0.15) is 29.6 Å². The van der Waals surface area contributed by atoms with Gasteiger partial charge in [-0.3, -0.25) is 4.79 Å². The van der Waals surface area contributed by atoms with Crippen LogP contribution >= 0.6 is 0 Å². The van der Waals surface area contributed by atoms with Crippen molar-refractivity contribution in [3.8, 4) is 0 Å². The Morgan fingerprint density at radius 2 is 1.92 bits per heavy atom. The van der Waals surface area contributed by atoms with Gasteiger partial charge in [0.25, 0.3) is 5.91 Å². The molecule has 3 rings (SSSR count). The van der Waals surface area contributed by atoms with E-state index in [0.29, 0.717) is 18.4 Å². The molecule has 1 aliphatic heterocycles. The minimum atomic E-state index is -0.878. The van der Waals surface area contributed by atoms with Gasteiger partial charge in [-0.05, 0) is 25.0 Å². The molecule has 0 spiro atoms. The maximum atomic E-state index is 13.5. The van der Waals surface area contributed by atoms with Gasteiger partial charge in [0.05, 0.1) is 5.56 Å². The zero-order chi connectivity index (χ0) is 17.6. The number of carbonyl (C=O) groups excluding carboxylic acids is 1. The number of aromatic nitrogens is 2. The highest BCUT2D eigenvalue weighted by molar-refractivity contribution is 5.94. The number of anilines is 2. The molecule has 2 heterocycles. The number of halogens is 2. The summed E-state index contributed by atoms with van der Waals surface area (Å²) in [5.41, 5.74) is -0.181. The van der Waals surface area contributed by atoms with Crippen LogP contribution in [-0.2, 0) is 0 Å². The molecule has 1 saturated heterocycles. The summed E-state index contributed by atoms with van der Waals surface area (Å²) < 4.78 is 26.4. The van der Waals surface area contributed by atoms with Crippen molar-refractivity contribution in [2.75, 3.05) is 36.4 Å². The lowest BCUT2D eigenvalue weighted by Gasteiger charge is -2.16. The third-order valence-corrected chi connectivity index (χ3v) is 3.98. The van der Waals surface area contributed by atoms with Crippen molar-refractivity contribution in [1.29, 1.82) is 0 Å². The van der Waals surface area contributed by atoms with Crippen molar-refractivity contribution in [2.24, 2.45) is 0 Å². The second kappa shape index (κ2) is 7.87. The molecule has 6 nitrogen and oxygen atoms in total. The molecule has 1 aromatic carbocycles. The van der Waals surface area contributed by atoms with Crippen molar-refractivity contribution >= 4 is 17.5 Å². The second-order valence-corrected chi connectivity index (χ2v) is 5.76. The van der Waals surface area contributed by atoms with Crippen LogP contribution in [0.3, 0.4) is 0 Å². The summed E-state index contributed by atoms with van der Waals surface area (Å²) in [7, 11) is 0. The molecule has 1 aliphatic rings. The zero-order valence-electron chi connectivity index (χ0n) is 13.6. The topological polar surface area (TPSA) is 70.2 Å². The highest BCUT2D eigenvalue weighted by atomic mass is 19.1. The number of hydrogen-bond acceptors (Lipinski definition) is 5. The highest BCUT2D eigenvalue weighted by Crippen LogP contribution is 2.19. The second-order valence-electron chi connectivity index (χ2n) is 5.76. The Balaban J connectivity index is 1.48. The summed E-state index contributed by atoms with van der Waals surface area (Å²) in [6, 6.07) is 4.73. The molecule has 132 valence electrons. The average Bonchev–Trinajstić information content (AvgIpc) is 3.13. The summed E-state index contributed by atoms with van der Waals surface area (Å²) in [4.78, 5) is 22.5. The van der Waals surface area contributed by atoms with Crippen LogP contribution in [-0.4, -0.2) is 42.1 Å². The first-order valence-corrected chi connectivity index (χ1v) is 8.17. The van der Waals surface area contributed by atoms with Crippen LogP contribution in [0.25, 0.3) is 0 Å². The Hall–Kier alpha value is -2.77. The molecule has 0 unspecified atom stereocenters. The minimum absolute atomic E-state index is 0.181. The molecule has 0 aliphatic carbocycles. The molecule has 1 amide bonds. The first-order valence-electron chi connectivity index (χ1n) is 8.17. The molecule has 0 saturated carbocycles. The van der Waals surface area contributed by atoms with Gasteiger partial charge in [-0.2, -0.15) is 0 Å². The van der Waals surface area contributed by atoms with Crippen molar-refractivity contribution in [2.45, 2.75) is 12.8 Å². The van der Waals surface area contributed by atoms with Gasteiger partial charge in [-0.15, -0.1) is 0 Å². The molecule has 0 radical (unpaired) electrons. The van der Waals surface area contributed by atoms with E-state index in [1.165, 1.54) is 19.2 Å². The molecule has 1 aromatic heterocycles. The fraction of sp³-hybridized carbons (Fsp3) is 0.353.